The predicted octanol–water partition coefficient (Wildman–Crippen LogP) is 3.17. The van der Waals surface area contributed by atoms with Crippen molar-refractivity contribution in [1.29, 1.82) is 0 Å². The Labute approximate surface area is 139 Å². The standard InChI is InChI=1S/C17H18ClN3O2/c18-15-8-12(6-7-17(15)21(22)23)9-20-10-14(16(19)11-20)13-4-2-1-3-5-13/h1-8,14,16H,9-11,19H2/t14-,16+/m0/s1. The van der Waals surface area contributed by atoms with Gasteiger partial charge in [0.1, 0.15) is 5.02 Å². The SMILES string of the molecule is N[C@@H]1CN(Cc2ccc([N+](=O)[O-])c(Cl)c2)C[C@H]1c1ccccc1. The quantitative estimate of drug-likeness (QED) is 0.690. The summed E-state index contributed by atoms with van der Waals surface area (Å²) < 4.78 is 0. The van der Waals surface area contributed by atoms with E-state index in [0.717, 1.165) is 18.7 Å². The van der Waals surface area contributed by atoms with E-state index in [1.165, 1.54) is 11.6 Å². The van der Waals surface area contributed by atoms with Gasteiger partial charge in [-0.25, -0.2) is 0 Å². The molecule has 6 heteroatoms. The van der Waals surface area contributed by atoms with E-state index < -0.39 is 4.92 Å². The Morgan fingerprint density at radius 2 is 1.96 bits per heavy atom. The number of nitrogens with zero attached hydrogens (tertiary/aromatic N) is 2. The molecule has 23 heavy (non-hydrogen) atoms. The molecular formula is C17H18ClN3O2. The maximum atomic E-state index is 10.8. The Kier molecular flexibility index (Phi) is 4.61. The van der Waals surface area contributed by atoms with Gasteiger partial charge in [-0.1, -0.05) is 48.0 Å². The second kappa shape index (κ2) is 6.66. The van der Waals surface area contributed by atoms with Crippen LogP contribution in [0.4, 0.5) is 5.69 Å². The molecule has 0 aliphatic carbocycles. The number of hydrogen-bond donors (Lipinski definition) is 1. The molecule has 0 bridgehead atoms. The zero-order valence-electron chi connectivity index (χ0n) is 12.6. The smallest absolute Gasteiger partial charge is 0.287 e. The summed E-state index contributed by atoms with van der Waals surface area (Å²) in [6.07, 6.45) is 0. The summed E-state index contributed by atoms with van der Waals surface area (Å²) in [7, 11) is 0. The van der Waals surface area contributed by atoms with Crippen molar-refractivity contribution in [3.8, 4) is 0 Å². The first kappa shape index (κ1) is 15.9. The van der Waals surface area contributed by atoms with Gasteiger partial charge in [0.25, 0.3) is 5.69 Å². The van der Waals surface area contributed by atoms with E-state index in [0.29, 0.717) is 12.5 Å². The van der Waals surface area contributed by atoms with Crippen molar-refractivity contribution in [3.05, 3.63) is 74.8 Å². The fourth-order valence-electron chi connectivity index (χ4n) is 3.15. The van der Waals surface area contributed by atoms with Crippen LogP contribution in [0.15, 0.2) is 48.5 Å². The molecule has 0 saturated carbocycles. The number of nitro benzene ring substituents is 1. The third-order valence-corrected chi connectivity index (χ3v) is 4.59. The van der Waals surface area contributed by atoms with Gasteiger partial charge in [-0.3, -0.25) is 15.0 Å². The summed E-state index contributed by atoms with van der Waals surface area (Å²) in [5.41, 5.74) is 8.45. The van der Waals surface area contributed by atoms with Crippen molar-refractivity contribution in [3.63, 3.8) is 0 Å². The van der Waals surface area contributed by atoms with Crippen LogP contribution in [0.25, 0.3) is 0 Å². The molecule has 0 aromatic heterocycles. The van der Waals surface area contributed by atoms with Crippen LogP contribution in [0.3, 0.4) is 0 Å². The Morgan fingerprint density at radius 1 is 1.22 bits per heavy atom. The number of nitrogens with two attached hydrogens (primary N) is 1. The molecule has 1 fully saturated rings. The van der Waals surface area contributed by atoms with Gasteiger partial charge in [-0.2, -0.15) is 0 Å². The maximum absolute atomic E-state index is 10.8. The summed E-state index contributed by atoms with van der Waals surface area (Å²) in [5, 5.41) is 11.0. The van der Waals surface area contributed by atoms with Crippen LogP contribution in [0.1, 0.15) is 17.0 Å². The Bertz CT molecular complexity index is 708. The van der Waals surface area contributed by atoms with E-state index >= 15 is 0 Å². The lowest BCUT2D eigenvalue weighted by atomic mass is 9.95. The first-order chi connectivity index (χ1) is 11.0. The molecule has 1 aliphatic rings. The third-order valence-electron chi connectivity index (χ3n) is 4.28. The molecule has 1 heterocycles. The Balaban J connectivity index is 1.70. The number of halogens is 1. The van der Waals surface area contributed by atoms with Crippen molar-refractivity contribution in [2.75, 3.05) is 13.1 Å². The summed E-state index contributed by atoms with van der Waals surface area (Å²) >= 11 is 5.98. The number of nitro groups is 1. The fraction of sp³-hybridized carbons (Fsp3) is 0.294. The molecule has 0 unspecified atom stereocenters. The van der Waals surface area contributed by atoms with Gasteiger partial charge in [0, 0.05) is 37.7 Å². The second-order valence-corrected chi connectivity index (χ2v) is 6.33. The Morgan fingerprint density at radius 3 is 2.61 bits per heavy atom. The summed E-state index contributed by atoms with van der Waals surface area (Å²) in [4.78, 5) is 12.6. The van der Waals surface area contributed by atoms with Crippen molar-refractivity contribution < 1.29 is 4.92 Å². The first-order valence-corrected chi connectivity index (χ1v) is 7.88. The first-order valence-electron chi connectivity index (χ1n) is 7.50. The van der Waals surface area contributed by atoms with Crippen molar-refractivity contribution in [1.82, 2.24) is 4.90 Å². The largest absolute Gasteiger partial charge is 0.326 e. The topological polar surface area (TPSA) is 72.4 Å². The zero-order chi connectivity index (χ0) is 16.4. The van der Waals surface area contributed by atoms with Gasteiger partial charge >= 0.3 is 0 Å². The van der Waals surface area contributed by atoms with Crippen LogP contribution >= 0.6 is 11.6 Å². The molecule has 3 rings (SSSR count). The molecule has 2 atom stereocenters. The van der Waals surface area contributed by atoms with Crippen molar-refractivity contribution in [2.45, 2.75) is 18.5 Å². The molecule has 5 nitrogen and oxygen atoms in total. The van der Waals surface area contributed by atoms with Gasteiger partial charge < -0.3 is 5.73 Å². The summed E-state index contributed by atoms with van der Waals surface area (Å²) in [6, 6.07) is 15.2. The molecule has 0 spiro atoms. The van der Waals surface area contributed by atoms with E-state index in [9.17, 15) is 10.1 Å². The lowest BCUT2D eigenvalue weighted by Crippen LogP contribution is -2.28. The van der Waals surface area contributed by atoms with Gasteiger partial charge in [-0.05, 0) is 17.2 Å². The molecule has 1 saturated heterocycles. The minimum atomic E-state index is -0.469. The Hall–Kier alpha value is -1.95. The van der Waals surface area contributed by atoms with Gasteiger partial charge in [0.05, 0.1) is 4.92 Å². The highest BCUT2D eigenvalue weighted by Gasteiger charge is 2.31. The zero-order valence-corrected chi connectivity index (χ0v) is 13.3. The van der Waals surface area contributed by atoms with Crippen LogP contribution in [0.5, 0.6) is 0 Å². The minimum Gasteiger partial charge on any atom is -0.326 e. The van der Waals surface area contributed by atoms with Crippen molar-refractivity contribution in [2.24, 2.45) is 5.73 Å². The van der Waals surface area contributed by atoms with Gasteiger partial charge in [-0.15, -0.1) is 0 Å². The minimum absolute atomic E-state index is 0.0595. The van der Waals surface area contributed by atoms with Crippen LogP contribution < -0.4 is 5.73 Å². The highest BCUT2D eigenvalue weighted by molar-refractivity contribution is 6.32. The molecule has 1 aliphatic heterocycles. The highest BCUT2D eigenvalue weighted by atomic mass is 35.5. The molecule has 0 radical (unpaired) electrons. The molecular weight excluding hydrogens is 314 g/mol. The number of rotatable bonds is 4. The highest BCUT2D eigenvalue weighted by Crippen LogP contribution is 2.29. The van der Waals surface area contributed by atoms with E-state index in [4.69, 9.17) is 17.3 Å². The van der Waals surface area contributed by atoms with Gasteiger partial charge in [0.15, 0.2) is 0 Å². The number of benzene rings is 2. The molecule has 0 amide bonds. The second-order valence-electron chi connectivity index (χ2n) is 5.92. The lowest BCUT2D eigenvalue weighted by molar-refractivity contribution is -0.384. The molecule has 120 valence electrons. The maximum Gasteiger partial charge on any atom is 0.287 e. The fourth-order valence-corrected chi connectivity index (χ4v) is 3.42. The van der Waals surface area contributed by atoms with E-state index in [1.54, 1.807) is 12.1 Å². The van der Waals surface area contributed by atoms with E-state index in [-0.39, 0.29) is 16.8 Å². The average Bonchev–Trinajstić information content (AvgIpc) is 2.88. The monoisotopic (exact) mass is 331 g/mol. The van der Waals surface area contributed by atoms with Crippen LogP contribution in [0, 0.1) is 10.1 Å². The third kappa shape index (κ3) is 3.52. The van der Waals surface area contributed by atoms with E-state index in [2.05, 4.69) is 17.0 Å². The normalized spacial score (nSPS) is 21.5. The van der Waals surface area contributed by atoms with Crippen LogP contribution in [-0.4, -0.2) is 29.0 Å². The number of likely N-dealkylation sites (tertiary alicyclic amines) is 1. The lowest BCUT2D eigenvalue weighted by Gasteiger charge is -2.16. The van der Waals surface area contributed by atoms with Crippen LogP contribution in [-0.2, 0) is 6.54 Å². The summed E-state index contributed by atoms with van der Waals surface area (Å²) in [5.74, 6) is 0.310. The average molecular weight is 332 g/mol. The molecule has 2 N–H and O–H groups in total. The predicted molar refractivity (Wildman–Crippen MR) is 90.5 cm³/mol. The van der Waals surface area contributed by atoms with Crippen molar-refractivity contribution >= 4 is 17.3 Å². The van der Waals surface area contributed by atoms with E-state index in [1.807, 2.05) is 18.2 Å². The summed E-state index contributed by atoms with van der Waals surface area (Å²) in [6.45, 7) is 2.36. The molecule has 2 aromatic rings. The number of hydrogen-bond acceptors (Lipinski definition) is 4. The van der Waals surface area contributed by atoms with Crippen LogP contribution in [0.2, 0.25) is 5.02 Å². The van der Waals surface area contributed by atoms with Gasteiger partial charge in [0.2, 0.25) is 0 Å². The molecule has 2 aromatic carbocycles.